The van der Waals surface area contributed by atoms with Gasteiger partial charge in [-0.15, -0.1) is 0 Å². The number of halogens is 1. The number of aliphatic hydroxyl groups is 1. The van der Waals surface area contributed by atoms with Crippen LogP contribution in [-0.2, 0) is 5.60 Å². The summed E-state index contributed by atoms with van der Waals surface area (Å²) < 4.78 is 0.540. The van der Waals surface area contributed by atoms with Crippen LogP contribution in [0.3, 0.4) is 0 Å². The molecule has 1 aromatic rings. The molecule has 4 heteroatoms. The van der Waals surface area contributed by atoms with Crippen molar-refractivity contribution in [3.05, 3.63) is 22.7 Å². The molecule has 0 aromatic carbocycles. The molecule has 0 aliphatic heterocycles. The molecule has 0 saturated carbocycles. The van der Waals surface area contributed by atoms with Gasteiger partial charge in [0.15, 0.2) is 4.73 Å². The largest absolute Gasteiger partial charge is 0.385 e. The second kappa shape index (κ2) is 3.49. The second-order valence-electron chi connectivity index (χ2n) is 2.87. The fraction of sp³-hybridized carbons (Fsp3) is 0.500. The van der Waals surface area contributed by atoms with Gasteiger partial charge >= 0.3 is 0 Å². The molecule has 1 atom stereocenters. The van der Waals surface area contributed by atoms with Gasteiger partial charge in [0.2, 0.25) is 0 Å². The number of hydrogen-bond donors (Lipinski definition) is 1. The Morgan fingerprint density at radius 2 is 2.00 bits per heavy atom. The van der Waals surface area contributed by atoms with Crippen molar-refractivity contribution in [1.29, 1.82) is 0 Å². The van der Waals surface area contributed by atoms with Gasteiger partial charge in [-0.05, 0) is 29.3 Å². The Kier molecular flexibility index (Phi) is 2.80. The standard InChI is InChI=1S/C8H11BrN2O/c1-3-8(2,12)6-4-10-7(9)11-5-6/h4-5,12H,3H2,1-2H3. The summed E-state index contributed by atoms with van der Waals surface area (Å²) in [5.74, 6) is 0. The third-order valence-electron chi connectivity index (χ3n) is 1.93. The predicted molar refractivity (Wildman–Crippen MR) is 49.6 cm³/mol. The molecule has 1 aromatic heterocycles. The molecule has 0 amide bonds. The summed E-state index contributed by atoms with van der Waals surface area (Å²) in [4.78, 5) is 7.88. The molecular weight excluding hydrogens is 220 g/mol. The Balaban J connectivity index is 2.96. The fourth-order valence-electron chi connectivity index (χ4n) is 0.795. The topological polar surface area (TPSA) is 46.0 Å². The molecule has 1 N–H and O–H groups in total. The lowest BCUT2D eigenvalue weighted by Gasteiger charge is -2.20. The molecule has 0 aliphatic carbocycles. The van der Waals surface area contributed by atoms with Crippen molar-refractivity contribution in [1.82, 2.24) is 9.97 Å². The van der Waals surface area contributed by atoms with Crippen LogP contribution in [0.25, 0.3) is 0 Å². The van der Waals surface area contributed by atoms with Crippen molar-refractivity contribution in [2.24, 2.45) is 0 Å². The summed E-state index contributed by atoms with van der Waals surface area (Å²) in [5, 5.41) is 9.79. The lowest BCUT2D eigenvalue weighted by molar-refractivity contribution is 0.0523. The van der Waals surface area contributed by atoms with E-state index in [4.69, 9.17) is 0 Å². The van der Waals surface area contributed by atoms with Crippen molar-refractivity contribution in [3.8, 4) is 0 Å². The minimum absolute atomic E-state index is 0.540. The summed E-state index contributed by atoms with van der Waals surface area (Å²) >= 11 is 3.13. The van der Waals surface area contributed by atoms with E-state index >= 15 is 0 Å². The van der Waals surface area contributed by atoms with E-state index in [0.717, 1.165) is 5.56 Å². The molecule has 1 heterocycles. The molecule has 0 aliphatic rings. The first kappa shape index (κ1) is 9.61. The van der Waals surface area contributed by atoms with Gasteiger partial charge in [0, 0.05) is 18.0 Å². The molecule has 1 unspecified atom stereocenters. The van der Waals surface area contributed by atoms with E-state index in [1.165, 1.54) is 0 Å². The first-order valence-electron chi connectivity index (χ1n) is 3.76. The van der Waals surface area contributed by atoms with E-state index in [0.29, 0.717) is 11.2 Å². The normalized spacial score (nSPS) is 15.7. The highest BCUT2D eigenvalue weighted by atomic mass is 79.9. The summed E-state index contributed by atoms with van der Waals surface area (Å²) in [6.45, 7) is 3.67. The van der Waals surface area contributed by atoms with Crippen LogP contribution < -0.4 is 0 Å². The predicted octanol–water partition coefficient (Wildman–Crippen LogP) is 1.86. The van der Waals surface area contributed by atoms with Crippen LogP contribution in [0, 0.1) is 0 Å². The van der Waals surface area contributed by atoms with Gasteiger partial charge < -0.3 is 5.11 Å². The maximum Gasteiger partial charge on any atom is 0.196 e. The van der Waals surface area contributed by atoms with Crippen LogP contribution in [0.2, 0.25) is 0 Å². The zero-order valence-electron chi connectivity index (χ0n) is 7.08. The zero-order valence-corrected chi connectivity index (χ0v) is 8.67. The van der Waals surface area contributed by atoms with Gasteiger partial charge in [0.05, 0.1) is 5.60 Å². The van der Waals surface area contributed by atoms with Crippen LogP contribution >= 0.6 is 15.9 Å². The van der Waals surface area contributed by atoms with Crippen LogP contribution in [0.5, 0.6) is 0 Å². The molecule has 0 spiro atoms. The number of aromatic nitrogens is 2. The van der Waals surface area contributed by atoms with Gasteiger partial charge in [-0.2, -0.15) is 0 Å². The van der Waals surface area contributed by atoms with E-state index < -0.39 is 5.60 Å². The Bertz CT molecular complexity index is 258. The van der Waals surface area contributed by atoms with Crippen molar-refractivity contribution in [2.45, 2.75) is 25.9 Å². The SMILES string of the molecule is CCC(C)(O)c1cnc(Br)nc1. The molecule has 0 radical (unpaired) electrons. The van der Waals surface area contributed by atoms with Gasteiger partial charge in [0.1, 0.15) is 0 Å². The van der Waals surface area contributed by atoms with E-state index in [2.05, 4.69) is 25.9 Å². The Morgan fingerprint density at radius 3 is 2.42 bits per heavy atom. The van der Waals surface area contributed by atoms with Crippen molar-refractivity contribution < 1.29 is 5.11 Å². The van der Waals surface area contributed by atoms with Gasteiger partial charge in [-0.1, -0.05) is 6.92 Å². The molecule has 3 nitrogen and oxygen atoms in total. The highest BCUT2D eigenvalue weighted by Crippen LogP contribution is 2.22. The number of hydrogen-bond acceptors (Lipinski definition) is 3. The summed E-state index contributed by atoms with van der Waals surface area (Å²) in [6, 6.07) is 0. The maximum absolute atomic E-state index is 9.79. The Hall–Kier alpha value is -0.480. The van der Waals surface area contributed by atoms with Crippen LogP contribution in [0.4, 0.5) is 0 Å². The summed E-state index contributed by atoms with van der Waals surface area (Å²) in [5.41, 5.74) is -0.0750. The summed E-state index contributed by atoms with van der Waals surface area (Å²) in [7, 11) is 0. The lowest BCUT2D eigenvalue weighted by atomic mass is 9.96. The molecule has 12 heavy (non-hydrogen) atoms. The molecule has 1 rings (SSSR count). The summed E-state index contributed by atoms with van der Waals surface area (Å²) in [6.07, 6.45) is 3.90. The number of nitrogens with zero attached hydrogens (tertiary/aromatic N) is 2. The van der Waals surface area contributed by atoms with Gasteiger partial charge in [-0.3, -0.25) is 0 Å². The van der Waals surface area contributed by atoms with Crippen molar-refractivity contribution in [2.75, 3.05) is 0 Å². The molecule has 0 fully saturated rings. The number of rotatable bonds is 2. The van der Waals surface area contributed by atoms with Crippen molar-refractivity contribution >= 4 is 15.9 Å². The molecular formula is C8H11BrN2O. The first-order valence-corrected chi connectivity index (χ1v) is 4.56. The van der Waals surface area contributed by atoms with Crippen LogP contribution in [0.15, 0.2) is 17.1 Å². The van der Waals surface area contributed by atoms with Gasteiger partial charge in [-0.25, -0.2) is 9.97 Å². The highest BCUT2D eigenvalue weighted by molar-refractivity contribution is 9.10. The van der Waals surface area contributed by atoms with E-state index in [1.54, 1.807) is 19.3 Å². The minimum atomic E-state index is -0.819. The van der Waals surface area contributed by atoms with E-state index in [-0.39, 0.29) is 0 Å². The third kappa shape index (κ3) is 2.01. The molecule has 66 valence electrons. The van der Waals surface area contributed by atoms with Crippen molar-refractivity contribution in [3.63, 3.8) is 0 Å². The van der Waals surface area contributed by atoms with Crippen LogP contribution in [0.1, 0.15) is 25.8 Å². The lowest BCUT2D eigenvalue weighted by Crippen LogP contribution is -2.20. The Labute approximate surface area is 80.0 Å². The van der Waals surface area contributed by atoms with Gasteiger partial charge in [0.25, 0.3) is 0 Å². The van der Waals surface area contributed by atoms with Crippen LogP contribution in [-0.4, -0.2) is 15.1 Å². The van der Waals surface area contributed by atoms with E-state index in [9.17, 15) is 5.11 Å². The monoisotopic (exact) mass is 230 g/mol. The fourth-order valence-corrected chi connectivity index (χ4v) is 0.999. The smallest absolute Gasteiger partial charge is 0.196 e. The van der Waals surface area contributed by atoms with E-state index in [1.807, 2.05) is 6.92 Å². The highest BCUT2D eigenvalue weighted by Gasteiger charge is 2.20. The Morgan fingerprint density at radius 1 is 1.50 bits per heavy atom. The zero-order chi connectivity index (χ0) is 9.19. The average Bonchev–Trinajstić information content (AvgIpc) is 2.05. The molecule has 0 saturated heterocycles. The minimum Gasteiger partial charge on any atom is -0.385 e. The third-order valence-corrected chi connectivity index (χ3v) is 2.34. The molecule has 0 bridgehead atoms. The first-order chi connectivity index (χ1) is 5.56. The quantitative estimate of drug-likeness (QED) is 0.790. The average molecular weight is 231 g/mol. The second-order valence-corrected chi connectivity index (χ2v) is 3.58. The maximum atomic E-state index is 9.79.